The molecule has 1 rings (SSSR count). The van der Waals surface area contributed by atoms with Crippen molar-refractivity contribution >= 4 is 11.8 Å². The fourth-order valence-corrected chi connectivity index (χ4v) is 1.41. The number of nitrogens with zero attached hydrogens (tertiary/aromatic N) is 1. The van der Waals surface area contributed by atoms with E-state index in [2.05, 4.69) is 0 Å². The molecular formula is C14H19NO3. The predicted molar refractivity (Wildman–Crippen MR) is 69.3 cm³/mol. The predicted octanol–water partition coefficient (Wildman–Crippen LogP) is 1.29. The van der Waals surface area contributed by atoms with Crippen LogP contribution in [0.25, 0.3) is 0 Å². The minimum Gasteiger partial charge on any atom is -0.459 e. The summed E-state index contributed by atoms with van der Waals surface area (Å²) in [6.07, 6.45) is 0.771. The second-order valence-corrected chi connectivity index (χ2v) is 4.35. The van der Waals surface area contributed by atoms with Gasteiger partial charge in [0.05, 0.1) is 0 Å². The topological polar surface area (TPSA) is 46.6 Å². The van der Waals surface area contributed by atoms with E-state index in [9.17, 15) is 9.59 Å². The first kappa shape index (κ1) is 14.4. The molecule has 0 heterocycles. The van der Waals surface area contributed by atoms with E-state index in [1.807, 2.05) is 49.3 Å². The van der Waals surface area contributed by atoms with Crippen molar-refractivity contribution < 1.29 is 14.3 Å². The monoisotopic (exact) mass is 249 g/mol. The molecule has 0 aliphatic carbocycles. The van der Waals surface area contributed by atoms with Gasteiger partial charge in [0.25, 0.3) is 0 Å². The third-order valence-electron chi connectivity index (χ3n) is 2.48. The van der Waals surface area contributed by atoms with Crippen LogP contribution in [0.15, 0.2) is 30.3 Å². The van der Waals surface area contributed by atoms with Crippen LogP contribution in [0, 0.1) is 0 Å². The molecule has 0 aliphatic heterocycles. The van der Waals surface area contributed by atoms with Gasteiger partial charge >= 0.3 is 5.97 Å². The summed E-state index contributed by atoms with van der Waals surface area (Å²) in [7, 11) is 3.76. The molecule has 0 radical (unpaired) electrons. The van der Waals surface area contributed by atoms with E-state index in [-0.39, 0.29) is 13.0 Å². The number of carbonyl (C=O) groups excluding carboxylic acids is 2. The largest absolute Gasteiger partial charge is 0.459 e. The van der Waals surface area contributed by atoms with Gasteiger partial charge in [0.2, 0.25) is 5.78 Å². The van der Waals surface area contributed by atoms with Crippen molar-refractivity contribution in [1.82, 2.24) is 4.90 Å². The van der Waals surface area contributed by atoms with Gasteiger partial charge in [-0.3, -0.25) is 4.79 Å². The van der Waals surface area contributed by atoms with Gasteiger partial charge in [-0.05, 0) is 26.1 Å². The van der Waals surface area contributed by atoms with Crippen molar-refractivity contribution in [3.05, 3.63) is 35.9 Å². The third-order valence-corrected chi connectivity index (χ3v) is 2.48. The molecular weight excluding hydrogens is 230 g/mol. The van der Waals surface area contributed by atoms with Gasteiger partial charge in [-0.2, -0.15) is 0 Å². The zero-order valence-corrected chi connectivity index (χ0v) is 10.9. The standard InChI is InChI=1S/C14H19NO3/c1-15(2)10-11-18-14(17)13(16)9-8-12-6-4-3-5-7-12/h3-7H,8-11H2,1-2H3. The normalized spacial score (nSPS) is 10.4. The van der Waals surface area contributed by atoms with Crippen molar-refractivity contribution in [2.24, 2.45) is 0 Å². The van der Waals surface area contributed by atoms with Gasteiger partial charge in [-0.25, -0.2) is 4.79 Å². The molecule has 18 heavy (non-hydrogen) atoms. The molecule has 0 amide bonds. The Morgan fingerprint density at radius 1 is 1.17 bits per heavy atom. The minimum absolute atomic E-state index is 0.199. The van der Waals surface area contributed by atoms with Gasteiger partial charge in [0, 0.05) is 13.0 Å². The number of hydrogen-bond donors (Lipinski definition) is 0. The average Bonchev–Trinajstić information content (AvgIpc) is 2.36. The molecule has 0 unspecified atom stereocenters. The Bertz CT molecular complexity index is 387. The second kappa shape index (κ2) is 7.61. The summed E-state index contributed by atoms with van der Waals surface area (Å²) in [5, 5.41) is 0. The van der Waals surface area contributed by atoms with Gasteiger partial charge in [-0.1, -0.05) is 30.3 Å². The fourth-order valence-electron chi connectivity index (χ4n) is 1.41. The van der Waals surface area contributed by atoms with Gasteiger partial charge in [0.15, 0.2) is 0 Å². The quantitative estimate of drug-likeness (QED) is 0.539. The highest BCUT2D eigenvalue weighted by molar-refractivity contribution is 6.33. The molecule has 0 aliphatic rings. The smallest absolute Gasteiger partial charge is 0.374 e. The number of aryl methyl sites for hydroxylation is 1. The molecule has 1 aromatic rings. The Labute approximate surface area is 108 Å². The number of Topliss-reactive ketones (excluding diaryl/α,β-unsaturated/α-hetero) is 1. The number of carbonyl (C=O) groups is 2. The van der Waals surface area contributed by atoms with Crippen molar-refractivity contribution in [1.29, 1.82) is 0 Å². The molecule has 0 bridgehead atoms. The zero-order valence-electron chi connectivity index (χ0n) is 10.9. The summed E-state index contributed by atoms with van der Waals surface area (Å²) in [4.78, 5) is 24.8. The lowest BCUT2D eigenvalue weighted by molar-refractivity contribution is -0.154. The molecule has 4 nitrogen and oxygen atoms in total. The number of benzene rings is 1. The van der Waals surface area contributed by atoms with Crippen LogP contribution in [0.5, 0.6) is 0 Å². The number of ether oxygens (including phenoxy) is 1. The van der Waals surface area contributed by atoms with Crippen molar-refractivity contribution in [2.45, 2.75) is 12.8 Å². The van der Waals surface area contributed by atoms with Crippen LogP contribution >= 0.6 is 0 Å². The van der Waals surface area contributed by atoms with Crippen LogP contribution in [0.3, 0.4) is 0 Å². The highest BCUT2D eigenvalue weighted by Crippen LogP contribution is 2.03. The molecule has 0 saturated heterocycles. The van der Waals surface area contributed by atoms with Gasteiger partial charge in [0.1, 0.15) is 6.61 Å². The fraction of sp³-hybridized carbons (Fsp3) is 0.429. The molecule has 98 valence electrons. The number of esters is 1. The summed E-state index contributed by atoms with van der Waals surface area (Å²) < 4.78 is 4.87. The number of rotatable bonds is 7. The third kappa shape index (κ3) is 5.59. The molecule has 0 fully saturated rings. The first-order valence-corrected chi connectivity index (χ1v) is 5.98. The maximum Gasteiger partial charge on any atom is 0.374 e. The Morgan fingerprint density at radius 2 is 1.83 bits per heavy atom. The summed E-state index contributed by atoms with van der Waals surface area (Å²) in [6, 6.07) is 9.61. The van der Waals surface area contributed by atoms with Crippen LogP contribution in [0.2, 0.25) is 0 Å². The summed E-state index contributed by atoms with van der Waals surface area (Å²) in [6.45, 7) is 0.876. The molecule has 4 heteroatoms. The lowest BCUT2D eigenvalue weighted by atomic mass is 10.1. The van der Waals surface area contributed by atoms with Crippen molar-refractivity contribution in [3.63, 3.8) is 0 Å². The lowest BCUT2D eigenvalue weighted by Gasteiger charge is -2.09. The van der Waals surface area contributed by atoms with Crippen LogP contribution < -0.4 is 0 Å². The van der Waals surface area contributed by atoms with E-state index in [1.54, 1.807) is 0 Å². The van der Waals surface area contributed by atoms with E-state index in [0.29, 0.717) is 13.0 Å². The highest BCUT2D eigenvalue weighted by Gasteiger charge is 2.14. The Hall–Kier alpha value is -1.68. The van der Waals surface area contributed by atoms with E-state index in [1.165, 1.54) is 0 Å². The maximum atomic E-state index is 11.5. The molecule has 0 aromatic heterocycles. The Balaban J connectivity index is 2.26. The van der Waals surface area contributed by atoms with E-state index in [4.69, 9.17) is 4.74 Å². The summed E-state index contributed by atoms with van der Waals surface area (Å²) in [5.74, 6) is -1.19. The highest BCUT2D eigenvalue weighted by atomic mass is 16.5. The van der Waals surface area contributed by atoms with Crippen LogP contribution in [-0.4, -0.2) is 43.9 Å². The van der Waals surface area contributed by atoms with E-state index >= 15 is 0 Å². The molecule has 0 spiro atoms. The second-order valence-electron chi connectivity index (χ2n) is 4.35. The van der Waals surface area contributed by atoms with E-state index in [0.717, 1.165) is 5.56 Å². The van der Waals surface area contributed by atoms with E-state index < -0.39 is 11.8 Å². The SMILES string of the molecule is CN(C)CCOC(=O)C(=O)CCc1ccccc1. The molecule has 1 aromatic carbocycles. The molecule has 0 atom stereocenters. The zero-order chi connectivity index (χ0) is 13.4. The Kier molecular flexibility index (Phi) is 6.08. The van der Waals surface area contributed by atoms with Crippen molar-refractivity contribution in [3.8, 4) is 0 Å². The number of likely N-dealkylation sites (N-methyl/N-ethyl adjacent to an activating group) is 1. The minimum atomic E-state index is -0.729. The van der Waals surface area contributed by atoms with Crippen LogP contribution in [0.4, 0.5) is 0 Å². The van der Waals surface area contributed by atoms with Gasteiger partial charge in [-0.15, -0.1) is 0 Å². The van der Waals surface area contributed by atoms with Gasteiger partial charge < -0.3 is 9.64 Å². The van der Waals surface area contributed by atoms with Crippen molar-refractivity contribution in [2.75, 3.05) is 27.2 Å². The first-order chi connectivity index (χ1) is 8.59. The number of ketones is 1. The molecule has 0 saturated carbocycles. The maximum absolute atomic E-state index is 11.5. The molecule has 0 N–H and O–H groups in total. The van der Waals surface area contributed by atoms with Crippen LogP contribution in [-0.2, 0) is 20.7 Å². The first-order valence-electron chi connectivity index (χ1n) is 5.98. The number of hydrogen-bond acceptors (Lipinski definition) is 4. The van der Waals surface area contributed by atoms with Crippen LogP contribution in [0.1, 0.15) is 12.0 Å². The Morgan fingerprint density at radius 3 is 2.44 bits per heavy atom. The summed E-state index contributed by atoms with van der Waals surface area (Å²) in [5.41, 5.74) is 1.05. The lowest BCUT2D eigenvalue weighted by Crippen LogP contribution is -2.24. The summed E-state index contributed by atoms with van der Waals surface area (Å²) >= 11 is 0. The average molecular weight is 249 g/mol.